The molecule has 0 saturated carbocycles. The quantitative estimate of drug-likeness (QED) is 0.0829. The zero-order chi connectivity index (χ0) is 34.8. The van der Waals surface area contributed by atoms with E-state index in [9.17, 15) is 14.4 Å². The number of nitrogens with one attached hydrogen (secondary N) is 3. The number of rotatable bonds is 13. The summed E-state index contributed by atoms with van der Waals surface area (Å²) in [7, 11) is 3.06. The predicted octanol–water partition coefficient (Wildman–Crippen LogP) is 8.40. The van der Waals surface area contributed by atoms with E-state index in [-0.39, 0.29) is 11.6 Å². The number of aromatic nitrogens is 1. The van der Waals surface area contributed by atoms with Gasteiger partial charge in [-0.2, -0.15) is 0 Å². The predicted molar refractivity (Wildman–Crippen MR) is 198 cm³/mol. The molecule has 0 radical (unpaired) electrons. The van der Waals surface area contributed by atoms with E-state index in [1.54, 1.807) is 86.0 Å². The molecule has 4 aromatic carbocycles. The van der Waals surface area contributed by atoms with Gasteiger partial charge in [-0.15, -0.1) is 23.1 Å². The Hall–Kier alpha value is -5.10. The van der Waals surface area contributed by atoms with Crippen molar-refractivity contribution in [2.45, 2.75) is 23.5 Å². The van der Waals surface area contributed by atoms with Gasteiger partial charge < -0.3 is 25.4 Å². The summed E-state index contributed by atoms with van der Waals surface area (Å²) in [6.07, 6.45) is 2.10. The number of anilines is 2. The van der Waals surface area contributed by atoms with Crippen LogP contribution in [0.25, 0.3) is 17.3 Å². The summed E-state index contributed by atoms with van der Waals surface area (Å²) in [4.78, 5) is 45.4. The Labute approximate surface area is 297 Å². The van der Waals surface area contributed by atoms with Crippen molar-refractivity contribution in [2.75, 3.05) is 24.9 Å². The van der Waals surface area contributed by atoms with Gasteiger partial charge in [-0.05, 0) is 61.0 Å². The first-order valence-electron chi connectivity index (χ1n) is 15.2. The fraction of sp³-hybridized carbons (Fsp3) is 0.135. The van der Waals surface area contributed by atoms with Crippen LogP contribution in [-0.4, -0.2) is 42.2 Å². The average molecular weight is 713 g/mol. The monoisotopic (exact) mass is 712 g/mol. The molecule has 1 aromatic heterocycles. The molecule has 0 aliphatic heterocycles. The lowest BCUT2D eigenvalue weighted by Crippen LogP contribution is -2.30. The summed E-state index contributed by atoms with van der Waals surface area (Å²) in [6, 6.07) is 28.3. The Kier molecular flexibility index (Phi) is 12.1. The van der Waals surface area contributed by atoms with E-state index < -0.39 is 17.1 Å². The zero-order valence-electron chi connectivity index (χ0n) is 26.9. The van der Waals surface area contributed by atoms with Crippen LogP contribution in [0.5, 0.6) is 11.5 Å². The first-order valence-corrected chi connectivity index (χ1v) is 17.3. The second-order valence-electron chi connectivity index (χ2n) is 10.5. The maximum atomic E-state index is 13.7. The second-order valence-corrected chi connectivity index (χ2v) is 13.0. The molecule has 49 heavy (non-hydrogen) atoms. The average Bonchev–Trinajstić information content (AvgIpc) is 3.59. The number of ether oxygens (including phenoxy) is 2. The molecule has 12 heteroatoms. The number of thiazole rings is 1. The Morgan fingerprint density at radius 2 is 1.69 bits per heavy atom. The molecular formula is C37H33ClN4O5S2. The molecule has 3 amide bonds. The largest absolute Gasteiger partial charge is 0.497 e. The molecular weight excluding hydrogens is 680 g/mol. The summed E-state index contributed by atoms with van der Waals surface area (Å²) >= 11 is 9.02. The third kappa shape index (κ3) is 9.29. The number of amides is 3. The highest BCUT2D eigenvalue weighted by Gasteiger charge is 2.21. The molecule has 5 aromatic rings. The van der Waals surface area contributed by atoms with E-state index in [4.69, 9.17) is 21.1 Å². The molecule has 0 spiro atoms. The Bertz CT molecular complexity index is 1980. The van der Waals surface area contributed by atoms with Crippen molar-refractivity contribution < 1.29 is 23.9 Å². The van der Waals surface area contributed by atoms with Gasteiger partial charge in [-0.1, -0.05) is 61.0 Å². The van der Waals surface area contributed by atoms with Crippen molar-refractivity contribution in [3.63, 3.8) is 0 Å². The summed E-state index contributed by atoms with van der Waals surface area (Å²) in [5, 5.41) is 11.0. The van der Waals surface area contributed by atoms with E-state index in [0.717, 1.165) is 10.5 Å². The molecule has 1 unspecified atom stereocenters. The number of methoxy groups -OCH3 is 2. The van der Waals surface area contributed by atoms with Gasteiger partial charge in [0.1, 0.15) is 17.2 Å². The fourth-order valence-corrected chi connectivity index (χ4v) is 6.64. The minimum absolute atomic E-state index is 0.000737. The third-order valence-corrected chi connectivity index (χ3v) is 9.63. The number of halogens is 1. The van der Waals surface area contributed by atoms with Crippen molar-refractivity contribution >= 4 is 69.3 Å². The van der Waals surface area contributed by atoms with Crippen molar-refractivity contribution in [1.29, 1.82) is 0 Å². The van der Waals surface area contributed by atoms with Crippen LogP contribution in [0.3, 0.4) is 0 Å². The topological polar surface area (TPSA) is 119 Å². The summed E-state index contributed by atoms with van der Waals surface area (Å²) in [6.45, 7) is 1.93. The van der Waals surface area contributed by atoms with Crippen LogP contribution in [0.15, 0.2) is 113 Å². The fourth-order valence-electron chi connectivity index (χ4n) is 4.68. The Morgan fingerprint density at radius 1 is 0.918 bits per heavy atom. The minimum atomic E-state index is -0.549. The Balaban J connectivity index is 1.31. The molecule has 9 nitrogen and oxygen atoms in total. The molecule has 0 aliphatic rings. The summed E-state index contributed by atoms with van der Waals surface area (Å²) in [5.41, 5.74) is 2.91. The highest BCUT2D eigenvalue weighted by atomic mass is 35.5. The van der Waals surface area contributed by atoms with Gasteiger partial charge in [-0.3, -0.25) is 14.4 Å². The lowest BCUT2D eigenvalue weighted by molar-refractivity contribution is -0.116. The summed E-state index contributed by atoms with van der Waals surface area (Å²) < 4.78 is 10.8. The molecule has 0 aliphatic carbocycles. The third-order valence-electron chi connectivity index (χ3n) is 7.19. The maximum absolute atomic E-state index is 13.7. The lowest BCUT2D eigenvalue weighted by atomic mass is 10.1. The van der Waals surface area contributed by atoms with Crippen LogP contribution < -0.4 is 25.4 Å². The first kappa shape index (κ1) is 35.2. The van der Waals surface area contributed by atoms with E-state index in [1.807, 2.05) is 36.6 Å². The van der Waals surface area contributed by atoms with E-state index in [1.165, 1.54) is 30.2 Å². The Morgan fingerprint density at radius 3 is 2.43 bits per heavy atom. The van der Waals surface area contributed by atoms with Gasteiger partial charge in [0.15, 0.2) is 5.13 Å². The minimum Gasteiger partial charge on any atom is -0.497 e. The number of hydrogen-bond donors (Lipinski definition) is 3. The van der Waals surface area contributed by atoms with Crippen molar-refractivity contribution in [3.8, 4) is 22.8 Å². The lowest BCUT2D eigenvalue weighted by Gasteiger charge is -2.15. The van der Waals surface area contributed by atoms with Gasteiger partial charge in [0.05, 0.1) is 25.2 Å². The van der Waals surface area contributed by atoms with Gasteiger partial charge in [0.25, 0.3) is 11.8 Å². The molecule has 3 N–H and O–H groups in total. The van der Waals surface area contributed by atoms with E-state index >= 15 is 0 Å². The number of thioether (sulfide) groups is 1. The van der Waals surface area contributed by atoms with Crippen LogP contribution in [0.1, 0.15) is 29.3 Å². The molecule has 0 saturated heterocycles. The maximum Gasteiger partial charge on any atom is 0.272 e. The number of hydrogen-bond acceptors (Lipinski definition) is 8. The SMILES string of the molecule is CCC(Sc1cccc(NC(=O)/C(=C\c2ccc(OC)cc2OC)NC(=O)c2ccccc2)c1)C(=O)Nc1nc(-c2ccccc2Cl)cs1. The number of carbonyl (C=O) groups excluding carboxylic acids is 3. The number of nitrogens with zero attached hydrogens (tertiary/aromatic N) is 1. The normalized spacial score (nSPS) is 11.7. The van der Waals surface area contributed by atoms with Gasteiger partial charge in [0, 0.05) is 43.7 Å². The smallest absolute Gasteiger partial charge is 0.272 e. The number of carbonyl (C=O) groups is 3. The van der Waals surface area contributed by atoms with Crippen LogP contribution in [-0.2, 0) is 9.59 Å². The van der Waals surface area contributed by atoms with Crippen LogP contribution >= 0.6 is 34.7 Å². The molecule has 0 fully saturated rings. The number of benzene rings is 4. The van der Waals surface area contributed by atoms with Crippen LogP contribution in [0, 0.1) is 0 Å². The van der Waals surface area contributed by atoms with Crippen LogP contribution in [0.4, 0.5) is 10.8 Å². The highest BCUT2D eigenvalue weighted by molar-refractivity contribution is 8.00. The van der Waals surface area contributed by atoms with E-state index in [0.29, 0.717) is 50.6 Å². The van der Waals surface area contributed by atoms with Crippen molar-refractivity contribution in [3.05, 3.63) is 124 Å². The molecule has 0 bridgehead atoms. The molecule has 5 rings (SSSR count). The molecule has 1 atom stereocenters. The zero-order valence-corrected chi connectivity index (χ0v) is 29.2. The van der Waals surface area contributed by atoms with Gasteiger partial charge >= 0.3 is 0 Å². The summed E-state index contributed by atoms with van der Waals surface area (Å²) in [5.74, 6) is -0.153. The van der Waals surface area contributed by atoms with Crippen LogP contribution in [0.2, 0.25) is 5.02 Å². The highest BCUT2D eigenvalue weighted by Crippen LogP contribution is 2.32. The van der Waals surface area contributed by atoms with Gasteiger partial charge in [0.2, 0.25) is 5.91 Å². The van der Waals surface area contributed by atoms with Crippen molar-refractivity contribution in [2.24, 2.45) is 0 Å². The second kappa shape index (κ2) is 16.8. The van der Waals surface area contributed by atoms with E-state index in [2.05, 4.69) is 20.9 Å². The molecule has 1 heterocycles. The standard InChI is InChI=1S/C37H33ClN4O5S2/c1-4-33(36(45)42-37-41-31(22-48-37)28-15-8-9-16-29(28)38)49-27-14-10-13-25(20-27)39-35(44)30(40-34(43)23-11-6-5-7-12-23)19-24-17-18-26(46-2)21-32(24)47-3/h5-22,33H,4H2,1-3H3,(H,39,44)(H,40,43)(H,41,42,45)/b30-19+. The molecule has 250 valence electrons. The van der Waals surface area contributed by atoms with Gasteiger partial charge in [-0.25, -0.2) is 4.98 Å². The first-order chi connectivity index (χ1) is 23.8. The van der Waals surface area contributed by atoms with Crippen molar-refractivity contribution in [1.82, 2.24) is 10.3 Å².